The molecule has 0 saturated heterocycles. The molecule has 0 radical (unpaired) electrons. The molecule has 0 spiro atoms. The molecule has 1 aromatic rings. The van der Waals surface area contributed by atoms with E-state index in [-0.39, 0.29) is 5.92 Å². The smallest absolute Gasteiger partial charge is 0.231 e. The van der Waals surface area contributed by atoms with E-state index in [4.69, 9.17) is 11.6 Å². The molecule has 16 heavy (non-hydrogen) atoms. The zero-order valence-corrected chi connectivity index (χ0v) is 9.52. The van der Waals surface area contributed by atoms with Crippen LogP contribution in [-0.2, 0) is 0 Å². The van der Waals surface area contributed by atoms with Gasteiger partial charge in [-0.2, -0.15) is 0 Å². The summed E-state index contributed by atoms with van der Waals surface area (Å²) in [7, 11) is 1.95. The number of likely N-dealkylation sites (N-methyl/N-ethyl adjacent to an activating group) is 1. The van der Waals surface area contributed by atoms with Crippen LogP contribution in [0.1, 0.15) is 11.5 Å². The highest BCUT2D eigenvalue weighted by molar-refractivity contribution is 6.30. The third-order valence-electron chi connectivity index (χ3n) is 2.71. The zero-order chi connectivity index (χ0) is 11.7. The number of halogens is 1. The minimum Gasteiger partial charge on any atom is -0.373 e. The minimum absolute atomic E-state index is 0.0719. The Kier molecular flexibility index (Phi) is 2.83. The van der Waals surface area contributed by atoms with Crippen molar-refractivity contribution < 1.29 is 4.92 Å². The second-order valence-corrected chi connectivity index (χ2v) is 4.25. The maximum atomic E-state index is 10.3. The molecule has 0 amide bonds. The lowest BCUT2D eigenvalue weighted by Gasteiger charge is -2.11. The lowest BCUT2D eigenvalue weighted by Crippen LogP contribution is -2.14. The molecule has 1 aliphatic heterocycles. The van der Waals surface area contributed by atoms with Crippen LogP contribution in [0.3, 0.4) is 0 Å². The monoisotopic (exact) mass is 238 g/mol. The molecule has 5 heteroatoms. The van der Waals surface area contributed by atoms with Crippen molar-refractivity contribution in [1.29, 1.82) is 0 Å². The van der Waals surface area contributed by atoms with E-state index in [0.717, 1.165) is 24.0 Å². The van der Waals surface area contributed by atoms with Crippen LogP contribution in [0.15, 0.2) is 30.5 Å². The van der Waals surface area contributed by atoms with E-state index in [1.54, 1.807) is 6.08 Å². The molecule has 2 rings (SSSR count). The summed E-state index contributed by atoms with van der Waals surface area (Å²) < 4.78 is 0. The lowest BCUT2D eigenvalue weighted by molar-refractivity contribution is -0.402. The van der Waals surface area contributed by atoms with Gasteiger partial charge in [0.05, 0.1) is 4.92 Å². The van der Waals surface area contributed by atoms with Crippen LogP contribution in [0.5, 0.6) is 0 Å². The summed E-state index contributed by atoms with van der Waals surface area (Å²) in [5.74, 6) is 0.0719. The predicted molar refractivity (Wildman–Crippen MR) is 63.6 cm³/mol. The molecule has 0 bridgehead atoms. The van der Waals surface area contributed by atoms with E-state index in [0.29, 0.717) is 5.02 Å². The lowest BCUT2D eigenvalue weighted by atomic mass is 10.0. The Hall–Kier alpha value is -1.55. The first-order valence-corrected chi connectivity index (χ1v) is 5.28. The summed E-state index contributed by atoms with van der Waals surface area (Å²) in [6, 6.07) is 5.62. The van der Waals surface area contributed by atoms with Crippen LogP contribution >= 0.6 is 11.6 Å². The Labute approximate surface area is 98.3 Å². The van der Waals surface area contributed by atoms with Gasteiger partial charge in [-0.05, 0) is 23.8 Å². The quantitative estimate of drug-likeness (QED) is 0.588. The number of nitro groups is 1. The number of hydrogen-bond donors (Lipinski definition) is 0. The van der Waals surface area contributed by atoms with E-state index in [2.05, 4.69) is 4.90 Å². The van der Waals surface area contributed by atoms with Crippen molar-refractivity contribution >= 4 is 17.3 Å². The van der Waals surface area contributed by atoms with Gasteiger partial charge in [0.2, 0.25) is 6.20 Å². The molecule has 0 saturated carbocycles. The van der Waals surface area contributed by atoms with E-state index < -0.39 is 4.92 Å². The number of anilines is 1. The largest absolute Gasteiger partial charge is 0.373 e. The van der Waals surface area contributed by atoms with E-state index in [1.165, 1.54) is 0 Å². The molecule has 1 heterocycles. The van der Waals surface area contributed by atoms with Crippen molar-refractivity contribution in [2.24, 2.45) is 0 Å². The molecule has 4 nitrogen and oxygen atoms in total. The number of benzene rings is 1. The number of rotatable bonds is 2. The summed E-state index contributed by atoms with van der Waals surface area (Å²) in [6.07, 6.45) is 2.62. The van der Waals surface area contributed by atoms with Gasteiger partial charge in [-0.1, -0.05) is 17.7 Å². The topological polar surface area (TPSA) is 46.4 Å². The first kappa shape index (κ1) is 11.0. The van der Waals surface area contributed by atoms with Crippen molar-refractivity contribution in [3.05, 3.63) is 51.2 Å². The molecule has 1 aromatic carbocycles. The Bertz CT molecular complexity index is 459. The van der Waals surface area contributed by atoms with Crippen LogP contribution < -0.4 is 4.90 Å². The molecule has 1 unspecified atom stereocenters. The van der Waals surface area contributed by atoms with Gasteiger partial charge in [0.15, 0.2) is 0 Å². The maximum absolute atomic E-state index is 10.3. The molecule has 1 atom stereocenters. The average molecular weight is 239 g/mol. The number of hydrogen-bond acceptors (Lipinski definition) is 3. The van der Waals surface area contributed by atoms with Gasteiger partial charge < -0.3 is 4.90 Å². The highest BCUT2D eigenvalue weighted by atomic mass is 35.5. The molecular weight excluding hydrogens is 228 g/mol. The Morgan fingerprint density at radius 3 is 3.06 bits per heavy atom. The van der Waals surface area contributed by atoms with Crippen LogP contribution in [0, 0.1) is 10.1 Å². The molecule has 0 N–H and O–H groups in total. The van der Waals surface area contributed by atoms with Crippen molar-refractivity contribution in [2.75, 3.05) is 18.5 Å². The molecular formula is C11H11ClN2O2. The van der Waals surface area contributed by atoms with Gasteiger partial charge in [-0.15, -0.1) is 0 Å². The molecule has 1 aliphatic rings. The van der Waals surface area contributed by atoms with Gasteiger partial charge in [-0.3, -0.25) is 10.1 Å². The third-order valence-corrected chi connectivity index (χ3v) is 2.95. The Morgan fingerprint density at radius 1 is 1.62 bits per heavy atom. The first-order chi connectivity index (χ1) is 7.58. The van der Waals surface area contributed by atoms with Gasteiger partial charge in [0.1, 0.15) is 0 Å². The molecule has 84 valence electrons. The maximum Gasteiger partial charge on any atom is 0.231 e. The van der Waals surface area contributed by atoms with Crippen molar-refractivity contribution in [2.45, 2.75) is 5.92 Å². The summed E-state index contributed by atoms with van der Waals surface area (Å²) >= 11 is 5.91. The summed E-state index contributed by atoms with van der Waals surface area (Å²) in [5.41, 5.74) is 2.13. The van der Waals surface area contributed by atoms with E-state index >= 15 is 0 Å². The summed E-state index contributed by atoms with van der Waals surface area (Å²) in [5, 5.41) is 11.0. The Balaban J connectivity index is 2.32. The van der Waals surface area contributed by atoms with Crippen LogP contribution in [-0.4, -0.2) is 18.5 Å². The van der Waals surface area contributed by atoms with Gasteiger partial charge in [-0.25, -0.2) is 0 Å². The molecule has 0 fully saturated rings. The van der Waals surface area contributed by atoms with Crippen molar-refractivity contribution in [3.63, 3.8) is 0 Å². The standard InChI is InChI=1S/C11H11ClN2O2/c1-13-7-8(4-5-14(15)16)10-3-2-9(12)6-11(10)13/h2-6,8H,7H2,1H3. The Morgan fingerprint density at radius 2 is 2.38 bits per heavy atom. The number of nitrogens with zero attached hydrogens (tertiary/aromatic N) is 2. The van der Waals surface area contributed by atoms with Gasteiger partial charge in [0.25, 0.3) is 0 Å². The minimum atomic E-state index is -0.437. The predicted octanol–water partition coefficient (Wildman–Crippen LogP) is 2.66. The second kappa shape index (κ2) is 4.14. The fourth-order valence-electron chi connectivity index (χ4n) is 1.99. The van der Waals surface area contributed by atoms with Crippen LogP contribution in [0.2, 0.25) is 5.02 Å². The normalized spacial score (nSPS) is 19.1. The summed E-state index contributed by atoms with van der Waals surface area (Å²) in [4.78, 5) is 11.9. The summed E-state index contributed by atoms with van der Waals surface area (Å²) in [6.45, 7) is 0.750. The van der Waals surface area contributed by atoms with Gasteiger partial charge >= 0.3 is 0 Å². The zero-order valence-electron chi connectivity index (χ0n) is 8.76. The average Bonchev–Trinajstić information content (AvgIpc) is 2.53. The van der Waals surface area contributed by atoms with Gasteiger partial charge in [0, 0.05) is 30.2 Å². The highest BCUT2D eigenvalue weighted by Crippen LogP contribution is 2.37. The fraction of sp³-hybridized carbons (Fsp3) is 0.273. The van der Waals surface area contributed by atoms with Crippen LogP contribution in [0.4, 0.5) is 5.69 Å². The molecule has 0 aliphatic carbocycles. The van der Waals surface area contributed by atoms with Crippen LogP contribution in [0.25, 0.3) is 0 Å². The van der Waals surface area contributed by atoms with E-state index in [9.17, 15) is 10.1 Å². The van der Waals surface area contributed by atoms with Crippen molar-refractivity contribution in [1.82, 2.24) is 0 Å². The molecule has 0 aromatic heterocycles. The second-order valence-electron chi connectivity index (χ2n) is 3.82. The van der Waals surface area contributed by atoms with Crippen molar-refractivity contribution in [3.8, 4) is 0 Å². The number of fused-ring (bicyclic) bond motifs is 1. The SMILES string of the molecule is CN1CC(C=C[N+](=O)[O-])c2ccc(Cl)cc21. The van der Waals surface area contributed by atoms with E-state index in [1.807, 2.05) is 25.2 Å². The first-order valence-electron chi connectivity index (χ1n) is 4.90. The fourth-order valence-corrected chi connectivity index (χ4v) is 2.16. The highest BCUT2D eigenvalue weighted by Gasteiger charge is 2.25. The third kappa shape index (κ3) is 2.02.